The summed E-state index contributed by atoms with van der Waals surface area (Å²) in [4.78, 5) is 18.1. The fourth-order valence-corrected chi connectivity index (χ4v) is 4.22. The van der Waals surface area contributed by atoms with Gasteiger partial charge in [-0.15, -0.1) is 0 Å². The number of nitrogens with zero attached hydrogens (tertiary/aromatic N) is 4. The van der Waals surface area contributed by atoms with Gasteiger partial charge in [0.05, 0.1) is 22.6 Å². The van der Waals surface area contributed by atoms with Gasteiger partial charge >= 0.3 is 6.18 Å². The number of benzene rings is 2. The van der Waals surface area contributed by atoms with Crippen molar-refractivity contribution in [2.75, 3.05) is 5.32 Å². The number of aliphatic hydroxyl groups is 1. The van der Waals surface area contributed by atoms with E-state index in [1.54, 1.807) is 43.8 Å². The van der Waals surface area contributed by atoms with Gasteiger partial charge in [0.25, 0.3) is 5.91 Å². The summed E-state index contributed by atoms with van der Waals surface area (Å²) in [5.41, 5.74) is 0.415. The number of pyridine rings is 1. The molecule has 0 aliphatic heterocycles. The van der Waals surface area contributed by atoms with Crippen LogP contribution in [0.1, 0.15) is 35.5 Å². The van der Waals surface area contributed by atoms with E-state index < -0.39 is 23.2 Å². The average molecular weight is 520 g/mol. The first-order valence-electron chi connectivity index (χ1n) is 11.7. The molecule has 0 spiro atoms. The number of rotatable bonds is 5. The van der Waals surface area contributed by atoms with Crippen LogP contribution in [0.3, 0.4) is 0 Å². The molecule has 0 radical (unpaired) electrons. The lowest BCUT2D eigenvalue weighted by atomic mass is 10.00. The molecular formula is C28H24F3N5O2. The van der Waals surface area contributed by atoms with Crippen molar-refractivity contribution in [2.24, 2.45) is 7.05 Å². The summed E-state index contributed by atoms with van der Waals surface area (Å²) in [6.45, 7) is 3.21. The Bertz CT molecular complexity index is 1650. The van der Waals surface area contributed by atoms with Crippen LogP contribution in [0.25, 0.3) is 28.0 Å². The number of carbonyl (C=O) groups is 1. The SMILES string of the molecule is Cn1ccc(-c2cc(C(=O)Nc3c(-c4ccccc4)ccn4cc(C(C)(C)O)nc34)ccc2C(F)(F)F)n1. The second-order valence-corrected chi connectivity index (χ2v) is 9.47. The van der Waals surface area contributed by atoms with E-state index in [4.69, 9.17) is 0 Å². The van der Waals surface area contributed by atoms with Gasteiger partial charge in [0, 0.05) is 42.3 Å². The zero-order chi connectivity index (χ0) is 27.2. The average Bonchev–Trinajstić information content (AvgIpc) is 3.50. The Kier molecular flexibility index (Phi) is 6.07. The standard InChI is InChI=1S/C28H24F3N5O2/c1-27(2,38)23-16-36-14-11-19(17-7-5-4-6-8-17)24(25(36)32-23)33-26(37)18-9-10-21(28(29,30)31)20(15-18)22-12-13-35(3)34-22/h4-16,38H,1-3H3,(H,33,37). The van der Waals surface area contributed by atoms with Crippen LogP contribution < -0.4 is 5.32 Å². The molecule has 2 N–H and O–H groups in total. The van der Waals surface area contributed by atoms with Gasteiger partial charge in [-0.3, -0.25) is 9.48 Å². The first-order chi connectivity index (χ1) is 17.9. The van der Waals surface area contributed by atoms with E-state index in [9.17, 15) is 23.1 Å². The van der Waals surface area contributed by atoms with Crippen LogP contribution >= 0.6 is 0 Å². The molecule has 38 heavy (non-hydrogen) atoms. The summed E-state index contributed by atoms with van der Waals surface area (Å²) >= 11 is 0. The monoisotopic (exact) mass is 519 g/mol. The fraction of sp³-hybridized carbons (Fsp3) is 0.179. The number of aryl methyl sites for hydroxylation is 1. The fourth-order valence-electron chi connectivity index (χ4n) is 4.22. The number of aromatic nitrogens is 4. The van der Waals surface area contributed by atoms with Gasteiger partial charge in [0.1, 0.15) is 5.60 Å². The van der Waals surface area contributed by atoms with Crippen molar-refractivity contribution in [3.05, 3.63) is 96.1 Å². The Morgan fingerprint density at radius 2 is 1.71 bits per heavy atom. The van der Waals surface area contributed by atoms with Crippen molar-refractivity contribution in [2.45, 2.75) is 25.6 Å². The number of hydrogen-bond acceptors (Lipinski definition) is 4. The highest BCUT2D eigenvalue weighted by atomic mass is 19.4. The number of alkyl halides is 3. The number of halogens is 3. The Morgan fingerprint density at radius 3 is 2.34 bits per heavy atom. The Balaban J connectivity index is 1.63. The summed E-state index contributed by atoms with van der Waals surface area (Å²) in [6, 6.07) is 15.8. The van der Waals surface area contributed by atoms with Crippen molar-refractivity contribution >= 4 is 17.2 Å². The van der Waals surface area contributed by atoms with Crippen molar-refractivity contribution < 1.29 is 23.1 Å². The van der Waals surface area contributed by atoms with Gasteiger partial charge in [-0.2, -0.15) is 18.3 Å². The molecule has 0 atom stereocenters. The smallest absolute Gasteiger partial charge is 0.384 e. The van der Waals surface area contributed by atoms with E-state index in [2.05, 4.69) is 15.4 Å². The highest BCUT2D eigenvalue weighted by Crippen LogP contribution is 2.38. The zero-order valence-corrected chi connectivity index (χ0v) is 20.8. The molecule has 10 heteroatoms. The minimum Gasteiger partial charge on any atom is -0.384 e. The van der Waals surface area contributed by atoms with Crippen LogP contribution in [-0.2, 0) is 18.8 Å². The maximum atomic E-state index is 13.8. The van der Waals surface area contributed by atoms with Gasteiger partial charge < -0.3 is 14.8 Å². The van der Waals surface area contributed by atoms with Crippen LogP contribution in [-0.4, -0.2) is 30.2 Å². The van der Waals surface area contributed by atoms with Crippen LogP contribution in [0.5, 0.6) is 0 Å². The summed E-state index contributed by atoms with van der Waals surface area (Å²) < 4.78 is 44.4. The third-order valence-electron chi connectivity index (χ3n) is 6.15. The second kappa shape index (κ2) is 9.14. The third-order valence-corrected chi connectivity index (χ3v) is 6.15. The lowest BCUT2D eigenvalue weighted by Gasteiger charge is -2.15. The van der Waals surface area contributed by atoms with Gasteiger partial charge in [0.2, 0.25) is 0 Å². The number of amides is 1. The number of hydrogen-bond donors (Lipinski definition) is 2. The minimum absolute atomic E-state index is 0.0222. The molecule has 3 aromatic heterocycles. The summed E-state index contributed by atoms with van der Waals surface area (Å²) in [5.74, 6) is -0.617. The Morgan fingerprint density at radius 1 is 0.974 bits per heavy atom. The predicted molar refractivity (Wildman–Crippen MR) is 137 cm³/mol. The van der Waals surface area contributed by atoms with E-state index in [1.807, 2.05) is 30.3 Å². The number of imidazole rings is 1. The highest BCUT2D eigenvalue weighted by molar-refractivity contribution is 6.09. The molecule has 7 nitrogen and oxygen atoms in total. The molecule has 5 rings (SSSR count). The molecule has 0 unspecified atom stereocenters. The molecule has 194 valence electrons. The van der Waals surface area contributed by atoms with E-state index in [-0.39, 0.29) is 16.8 Å². The maximum absolute atomic E-state index is 13.8. The van der Waals surface area contributed by atoms with Gasteiger partial charge in [-0.1, -0.05) is 30.3 Å². The number of nitrogens with one attached hydrogen (secondary N) is 1. The van der Waals surface area contributed by atoms with Gasteiger partial charge in [-0.05, 0) is 49.7 Å². The van der Waals surface area contributed by atoms with Crippen molar-refractivity contribution in [1.82, 2.24) is 19.2 Å². The molecule has 0 aliphatic rings. The molecule has 0 aliphatic carbocycles. The number of anilines is 1. The maximum Gasteiger partial charge on any atom is 0.417 e. The van der Waals surface area contributed by atoms with E-state index in [0.29, 0.717) is 22.6 Å². The Hall–Kier alpha value is -4.44. The molecule has 0 saturated heterocycles. The van der Waals surface area contributed by atoms with Gasteiger partial charge in [-0.25, -0.2) is 4.98 Å². The lowest BCUT2D eigenvalue weighted by Crippen LogP contribution is -2.16. The molecule has 1 amide bonds. The largest absolute Gasteiger partial charge is 0.417 e. The molecule has 0 saturated carbocycles. The number of fused-ring (bicyclic) bond motifs is 1. The predicted octanol–water partition coefficient (Wildman–Crippen LogP) is 5.90. The normalized spacial score (nSPS) is 12.2. The van der Waals surface area contributed by atoms with Crippen molar-refractivity contribution in [3.8, 4) is 22.4 Å². The van der Waals surface area contributed by atoms with Crippen LogP contribution in [0.2, 0.25) is 0 Å². The van der Waals surface area contributed by atoms with E-state index in [1.165, 1.54) is 23.0 Å². The van der Waals surface area contributed by atoms with E-state index >= 15 is 0 Å². The topological polar surface area (TPSA) is 84.5 Å². The number of carbonyl (C=O) groups excluding carboxylic acids is 1. The summed E-state index contributed by atoms with van der Waals surface area (Å²) in [7, 11) is 1.60. The quantitative estimate of drug-likeness (QED) is 0.303. The summed E-state index contributed by atoms with van der Waals surface area (Å²) in [6.07, 6.45) is 0.342. The molecule has 2 aromatic carbocycles. The van der Waals surface area contributed by atoms with E-state index in [0.717, 1.165) is 17.7 Å². The zero-order valence-electron chi connectivity index (χ0n) is 20.8. The van der Waals surface area contributed by atoms with Crippen LogP contribution in [0, 0.1) is 0 Å². The summed E-state index contributed by atoms with van der Waals surface area (Å²) in [5, 5.41) is 17.5. The first kappa shape index (κ1) is 25.2. The lowest BCUT2D eigenvalue weighted by molar-refractivity contribution is -0.137. The van der Waals surface area contributed by atoms with Crippen LogP contribution in [0.4, 0.5) is 18.9 Å². The first-order valence-corrected chi connectivity index (χ1v) is 11.7. The van der Waals surface area contributed by atoms with Crippen molar-refractivity contribution in [3.63, 3.8) is 0 Å². The Labute approximate surface area is 216 Å². The molecular weight excluding hydrogens is 495 g/mol. The highest BCUT2D eigenvalue weighted by Gasteiger charge is 2.35. The molecule has 5 aromatic rings. The van der Waals surface area contributed by atoms with Crippen molar-refractivity contribution in [1.29, 1.82) is 0 Å². The third kappa shape index (κ3) is 4.78. The minimum atomic E-state index is -4.63. The molecule has 0 bridgehead atoms. The van der Waals surface area contributed by atoms with Crippen LogP contribution in [0.15, 0.2) is 79.3 Å². The molecule has 0 fully saturated rings. The second-order valence-electron chi connectivity index (χ2n) is 9.47. The molecule has 3 heterocycles. The van der Waals surface area contributed by atoms with Gasteiger partial charge in [0.15, 0.2) is 5.65 Å².